The first-order valence-electron chi connectivity index (χ1n) is 6.53. The molecule has 0 aliphatic carbocycles. The fraction of sp³-hybridized carbons (Fsp3) is 0.286. The number of primary sulfonamides is 1. The second-order valence-electron chi connectivity index (χ2n) is 5.04. The van der Waals surface area contributed by atoms with Gasteiger partial charge in [0.25, 0.3) is 5.91 Å². The van der Waals surface area contributed by atoms with Crippen molar-refractivity contribution in [1.29, 1.82) is 0 Å². The van der Waals surface area contributed by atoms with Crippen LogP contribution in [0.3, 0.4) is 0 Å². The molecule has 0 bridgehead atoms. The average molecular weight is 323 g/mol. The lowest BCUT2D eigenvalue weighted by atomic mass is 10.1. The number of benzene rings is 1. The maximum absolute atomic E-state index is 12.3. The summed E-state index contributed by atoms with van der Waals surface area (Å²) in [5.41, 5.74) is 1.40. The lowest BCUT2D eigenvalue weighted by molar-refractivity contribution is 0.0700. The van der Waals surface area contributed by atoms with Crippen LogP contribution in [0.4, 0.5) is 0 Å². The summed E-state index contributed by atoms with van der Waals surface area (Å²) in [5, 5.41) is 8.75. The minimum absolute atomic E-state index is 0.0308. The van der Waals surface area contributed by atoms with Crippen molar-refractivity contribution < 1.29 is 17.7 Å². The quantitative estimate of drug-likeness (QED) is 0.916. The number of nitrogens with zero attached hydrogens (tertiary/aromatic N) is 2. The molecular formula is C14H17N3O4S. The molecule has 0 unspecified atom stereocenters. The summed E-state index contributed by atoms with van der Waals surface area (Å²) in [5.74, 6) is -0.142. The molecule has 22 heavy (non-hydrogen) atoms. The van der Waals surface area contributed by atoms with Crippen molar-refractivity contribution >= 4 is 15.9 Å². The monoisotopic (exact) mass is 323 g/mol. The van der Waals surface area contributed by atoms with E-state index in [9.17, 15) is 13.2 Å². The molecule has 1 heterocycles. The molecule has 1 aromatic heterocycles. The highest BCUT2D eigenvalue weighted by Crippen LogP contribution is 2.22. The lowest BCUT2D eigenvalue weighted by Gasteiger charge is -2.24. The summed E-state index contributed by atoms with van der Waals surface area (Å²) in [6.07, 6.45) is 0. The zero-order valence-corrected chi connectivity index (χ0v) is 13.3. The maximum Gasteiger partial charge on any atom is 0.292 e. The number of rotatable bonds is 4. The predicted octanol–water partition coefficient (Wildman–Crippen LogP) is 1.46. The number of nitrogens with two attached hydrogens (primary N) is 1. The van der Waals surface area contributed by atoms with Crippen molar-refractivity contribution in [1.82, 2.24) is 10.1 Å². The van der Waals surface area contributed by atoms with Crippen LogP contribution in [0.15, 0.2) is 39.8 Å². The van der Waals surface area contributed by atoms with Crippen LogP contribution in [-0.4, -0.2) is 31.4 Å². The van der Waals surface area contributed by atoms with Crippen LogP contribution in [0, 0.1) is 6.92 Å². The van der Waals surface area contributed by atoms with Crippen LogP contribution in [-0.2, 0) is 10.0 Å². The number of aromatic nitrogens is 1. The van der Waals surface area contributed by atoms with E-state index in [1.165, 1.54) is 17.0 Å². The summed E-state index contributed by atoms with van der Waals surface area (Å²) in [7, 11) is -2.09. The number of amides is 1. The van der Waals surface area contributed by atoms with E-state index in [-0.39, 0.29) is 22.6 Å². The van der Waals surface area contributed by atoms with E-state index < -0.39 is 10.0 Å². The molecular weight excluding hydrogens is 306 g/mol. The first-order valence-corrected chi connectivity index (χ1v) is 8.08. The smallest absolute Gasteiger partial charge is 0.292 e. The number of hydrogen-bond donors (Lipinski definition) is 1. The zero-order valence-electron chi connectivity index (χ0n) is 12.5. The second-order valence-corrected chi connectivity index (χ2v) is 6.60. The van der Waals surface area contributed by atoms with E-state index in [1.54, 1.807) is 32.2 Å². The third-order valence-electron chi connectivity index (χ3n) is 3.43. The average Bonchev–Trinajstić information content (AvgIpc) is 2.90. The summed E-state index contributed by atoms with van der Waals surface area (Å²) >= 11 is 0. The lowest BCUT2D eigenvalue weighted by Crippen LogP contribution is -2.29. The molecule has 0 saturated carbocycles. The molecule has 1 aromatic carbocycles. The predicted molar refractivity (Wildman–Crippen MR) is 79.6 cm³/mol. The molecule has 8 heteroatoms. The van der Waals surface area contributed by atoms with Crippen molar-refractivity contribution in [3.63, 3.8) is 0 Å². The molecule has 0 aliphatic rings. The van der Waals surface area contributed by atoms with Gasteiger partial charge in [-0.2, -0.15) is 0 Å². The van der Waals surface area contributed by atoms with Crippen molar-refractivity contribution in [2.75, 3.05) is 7.05 Å². The Labute approximate surface area is 128 Å². The number of sulfonamides is 1. The van der Waals surface area contributed by atoms with Gasteiger partial charge in [0.2, 0.25) is 15.8 Å². The first-order chi connectivity index (χ1) is 10.2. The second kappa shape index (κ2) is 5.90. The van der Waals surface area contributed by atoms with Crippen LogP contribution >= 0.6 is 0 Å². The molecule has 0 fully saturated rings. The molecule has 0 saturated heterocycles. The van der Waals surface area contributed by atoms with Gasteiger partial charge in [-0.1, -0.05) is 17.3 Å². The van der Waals surface area contributed by atoms with Crippen LogP contribution in [0.1, 0.15) is 34.8 Å². The van der Waals surface area contributed by atoms with Gasteiger partial charge in [-0.15, -0.1) is 0 Å². The Morgan fingerprint density at radius 1 is 1.32 bits per heavy atom. The molecule has 0 spiro atoms. The number of carbonyl (C=O) groups excluding carboxylic acids is 1. The Kier molecular flexibility index (Phi) is 4.34. The zero-order chi connectivity index (χ0) is 16.5. The number of aryl methyl sites for hydroxylation is 1. The van der Waals surface area contributed by atoms with Gasteiger partial charge < -0.3 is 9.42 Å². The summed E-state index contributed by atoms with van der Waals surface area (Å²) in [4.78, 5) is 13.8. The third-order valence-corrected chi connectivity index (χ3v) is 4.36. The van der Waals surface area contributed by atoms with Crippen LogP contribution < -0.4 is 5.14 Å². The van der Waals surface area contributed by atoms with Gasteiger partial charge in [0, 0.05) is 13.1 Å². The first kappa shape index (κ1) is 16.2. The highest BCUT2D eigenvalue weighted by atomic mass is 32.2. The van der Waals surface area contributed by atoms with Gasteiger partial charge in [-0.3, -0.25) is 4.79 Å². The highest BCUT2D eigenvalue weighted by molar-refractivity contribution is 7.89. The Balaban J connectivity index is 2.20. The van der Waals surface area contributed by atoms with Gasteiger partial charge in [-0.25, -0.2) is 13.6 Å². The van der Waals surface area contributed by atoms with E-state index in [0.717, 1.165) is 5.56 Å². The topological polar surface area (TPSA) is 106 Å². The van der Waals surface area contributed by atoms with E-state index in [4.69, 9.17) is 9.66 Å². The molecule has 0 radical (unpaired) electrons. The molecule has 2 rings (SSSR count). The summed E-state index contributed by atoms with van der Waals surface area (Å²) in [6, 6.07) is 7.37. The molecule has 1 atom stereocenters. The maximum atomic E-state index is 12.3. The Bertz CT molecular complexity index is 781. The van der Waals surface area contributed by atoms with E-state index in [1.807, 2.05) is 6.92 Å². The molecule has 7 nitrogen and oxygen atoms in total. The third kappa shape index (κ3) is 3.34. The SMILES string of the molecule is Cc1cc(C(=O)N(C)[C@@H](C)c2ccc(S(N)(=O)=O)cc2)on1. The highest BCUT2D eigenvalue weighted by Gasteiger charge is 2.22. The van der Waals surface area contributed by atoms with Crippen molar-refractivity contribution in [2.24, 2.45) is 5.14 Å². The summed E-state index contributed by atoms with van der Waals surface area (Å²) < 4.78 is 27.4. The molecule has 1 amide bonds. The number of hydrogen-bond acceptors (Lipinski definition) is 5. The fourth-order valence-corrected chi connectivity index (χ4v) is 2.49. The standard InChI is InChI=1S/C14H17N3O4S/c1-9-8-13(21-16-9)14(18)17(3)10(2)11-4-6-12(7-5-11)22(15,19)20/h4-8,10H,1-3H3,(H2,15,19,20)/t10-/m0/s1. The van der Waals surface area contributed by atoms with E-state index in [2.05, 4.69) is 5.16 Å². The fourth-order valence-electron chi connectivity index (χ4n) is 1.97. The molecule has 0 aliphatic heterocycles. The minimum atomic E-state index is -3.73. The van der Waals surface area contributed by atoms with Gasteiger partial charge in [0.05, 0.1) is 16.6 Å². The Hall–Kier alpha value is -2.19. The Morgan fingerprint density at radius 3 is 2.36 bits per heavy atom. The van der Waals surface area contributed by atoms with Crippen LogP contribution in [0.25, 0.3) is 0 Å². The number of carbonyl (C=O) groups is 1. The van der Waals surface area contributed by atoms with Crippen molar-refractivity contribution in [3.8, 4) is 0 Å². The molecule has 118 valence electrons. The van der Waals surface area contributed by atoms with Gasteiger partial charge in [0.1, 0.15) is 0 Å². The summed E-state index contributed by atoms with van der Waals surface area (Å²) in [6.45, 7) is 3.56. The minimum Gasteiger partial charge on any atom is -0.351 e. The normalized spacial score (nSPS) is 12.9. The van der Waals surface area contributed by atoms with Crippen molar-refractivity contribution in [2.45, 2.75) is 24.8 Å². The van der Waals surface area contributed by atoms with E-state index in [0.29, 0.717) is 5.69 Å². The van der Waals surface area contributed by atoms with Gasteiger partial charge in [0.15, 0.2) is 0 Å². The largest absolute Gasteiger partial charge is 0.351 e. The van der Waals surface area contributed by atoms with Crippen LogP contribution in [0.5, 0.6) is 0 Å². The van der Waals surface area contributed by atoms with E-state index >= 15 is 0 Å². The van der Waals surface area contributed by atoms with Gasteiger partial charge in [-0.05, 0) is 31.5 Å². The molecule has 2 N–H and O–H groups in total. The molecule has 2 aromatic rings. The van der Waals surface area contributed by atoms with Gasteiger partial charge >= 0.3 is 0 Å². The van der Waals surface area contributed by atoms with Crippen LogP contribution in [0.2, 0.25) is 0 Å². The Morgan fingerprint density at radius 2 is 1.91 bits per heavy atom. The van der Waals surface area contributed by atoms with Crippen molar-refractivity contribution in [3.05, 3.63) is 47.3 Å².